The minimum absolute atomic E-state index is 0.128. The molecule has 5 nitrogen and oxygen atoms in total. The fraction of sp³-hybridized carbons (Fsp3) is 0.208. The van der Waals surface area contributed by atoms with Gasteiger partial charge in [0.25, 0.3) is 5.91 Å². The summed E-state index contributed by atoms with van der Waals surface area (Å²) in [5.41, 5.74) is 3.80. The standard InChI is InChI=1S/C22H16F2N4O.C2H6/c1-27-12-26-19-5-4-13(9-21(19)27)14-7-17(23)16(18(24)8-14)10-28-11-20-15(22(28)29)3-2-6-25-20;1-2/h2-9,12H,10-11H2,1H3;1-2H3. The van der Waals surface area contributed by atoms with Gasteiger partial charge in [0.1, 0.15) is 11.6 Å². The van der Waals surface area contributed by atoms with E-state index in [-0.39, 0.29) is 24.6 Å². The van der Waals surface area contributed by atoms with Crippen LogP contribution >= 0.6 is 0 Å². The number of imidazole rings is 1. The summed E-state index contributed by atoms with van der Waals surface area (Å²) in [6.45, 7) is 4.10. The van der Waals surface area contributed by atoms with E-state index in [0.29, 0.717) is 22.4 Å². The molecular formula is C24H22F2N4O. The van der Waals surface area contributed by atoms with Gasteiger partial charge < -0.3 is 9.47 Å². The predicted octanol–water partition coefficient (Wildman–Crippen LogP) is 5.10. The van der Waals surface area contributed by atoms with Gasteiger partial charge in [-0.15, -0.1) is 0 Å². The highest BCUT2D eigenvalue weighted by Crippen LogP contribution is 2.29. The molecule has 0 N–H and O–H groups in total. The molecule has 1 aliphatic rings. The van der Waals surface area contributed by atoms with Crippen LogP contribution in [0, 0.1) is 11.6 Å². The minimum Gasteiger partial charge on any atom is -0.334 e. The quantitative estimate of drug-likeness (QED) is 0.464. The lowest BCUT2D eigenvalue weighted by Crippen LogP contribution is -2.24. The van der Waals surface area contributed by atoms with Crippen molar-refractivity contribution in [3.8, 4) is 11.1 Å². The number of hydrogen-bond donors (Lipinski definition) is 0. The van der Waals surface area contributed by atoms with E-state index < -0.39 is 11.6 Å². The maximum atomic E-state index is 14.8. The SMILES string of the molecule is CC.Cn1cnc2ccc(-c3cc(F)c(CN4Cc5ncccc5C4=O)c(F)c3)cc21. The number of carbonyl (C=O) groups excluding carboxylic acids is 1. The predicted molar refractivity (Wildman–Crippen MR) is 115 cm³/mol. The third kappa shape index (κ3) is 3.67. The molecule has 1 aliphatic heterocycles. The van der Waals surface area contributed by atoms with Crippen molar-refractivity contribution in [2.24, 2.45) is 7.05 Å². The number of pyridine rings is 1. The molecular weight excluding hydrogens is 398 g/mol. The Morgan fingerprint density at radius 1 is 1.00 bits per heavy atom. The number of nitrogens with zero attached hydrogens (tertiary/aromatic N) is 4. The summed E-state index contributed by atoms with van der Waals surface area (Å²) in [6, 6.07) is 11.4. The minimum atomic E-state index is -0.679. The second-order valence-corrected chi connectivity index (χ2v) is 7.14. The topological polar surface area (TPSA) is 51.0 Å². The van der Waals surface area contributed by atoms with E-state index in [9.17, 15) is 13.6 Å². The van der Waals surface area contributed by atoms with Crippen molar-refractivity contribution in [1.82, 2.24) is 19.4 Å². The van der Waals surface area contributed by atoms with E-state index in [4.69, 9.17) is 0 Å². The van der Waals surface area contributed by atoms with Gasteiger partial charge in [-0.05, 0) is 47.5 Å². The van der Waals surface area contributed by atoms with E-state index in [1.807, 2.05) is 37.6 Å². The fourth-order valence-electron chi connectivity index (χ4n) is 3.73. The van der Waals surface area contributed by atoms with Crippen molar-refractivity contribution in [1.29, 1.82) is 0 Å². The van der Waals surface area contributed by atoms with Crippen LogP contribution in [0.1, 0.15) is 35.5 Å². The van der Waals surface area contributed by atoms with E-state index >= 15 is 0 Å². The van der Waals surface area contributed by atoms with Crippen LogP contribution in [0.2, 0.25) is 0 Å². The molecule has 7 heteroatoms. The Bertz CT molecular complexity index is 1260. The highest BCUT2D eigenvalue weighted by Gasteiger charge is 2.29. The van der Waals surface area contributed by atoms with Gasteiger partial charge in [-0.25, -0.2) is 13.8 Å². The van der Waals surface area contributed by atoms with Gasteiger partial charge >= 0.3 is 0 Å². The lowest BCUT2D eigenvalue weighted by Gasteiger charge is -2.17. The lowest BCUT2D eigenvalue weighted by atomic mass is 10.0. The number of fused-ring (bicyclic) bond motifs is 2. The molecule has 3 heterocycles. The molecule has 31 heavy (non-hydrogen) atoms. The molecule has 2 aromatic heterocycles. The van der Waals surface area contributed by atoms with Crippen LogP contribution in [0.4, 0.5) is 8.78 Å². The van der Waals surface area contributed by atoms with Crippen molar-refractivity contribution in [2.75, 3.05) is 0 Å². The van der Waals surface area contributed by atoms with Crippen LogP contribution < -0.4 is 0 Å². The van der Waals surface area contributed by atoms with Gasteiger partial charge in [-0.3, -0.25) is 9.78 Å². The van der Waals surface area contributed by atoms with Crippen LogP contribution in [0.25, 0.3) is 22.2 Å². The molecule has 0 unspecified atom stereocenters. The van der Waals surface area contributed by atoms with Crippen molar-refractivity contribution in [3.63, 3.8) is 0 Å². The number of aromatic nitrogens is 3. The Hall–Kier alpha value is -3.61. The van der Waals surface area contributed by atoms with Gasteiger partial charge in [0.15, 0.2) is 0 Å². The second kappa shape index (κ2) is 8.26. The van der Waals surface area contributed by atoms with E-state index in [0.717, 1.165) is 11.0 Å². The molecule has 0 spiro atoms. The Labute approximate surface area is 179 Å². The third-order valence-electron chi connectivity index (χ3n) is 5.30. The summed E-state index contributed by atoms with van der Waals surface area (Å²) in [4.78, 5) is 22.3. The monoisotopic (exact) mass is 420 g/mol. The van der Waals surface area contributed by atoms with Crippen molar-refractivity contribution >= 4 is 16.9 Å². The summed E-state index contributed by atoms with van der Waals surface area (Å²) in [6.07, 6.45) is 3.29. The number of carbonyl (C=O) groups is 1. The molecule has 0 saturated heterocycles. The fourth-order valence-corrected chi connectivity index (χ4v) is 3.73. The van der Waals surface area contributed by atoms with E-state index in [1.165, 1.54) is 17.0 Å². The molecule has 1 amide bonds. The van der Waals surface area contributed by atoms with Gasteiger partial charge in [-0.1, -0.05) is 19.9 Å². The largest absolute Gasteiger partial charge is 0.334 e. The molecule has 4 aromatic rings. The Balaban J connectivity index is 0.00000112. The molecule has 2 aromatic carbocycles. The van der Waals surface area contributed by atoms with Crippen LogP contribution in [0.3, 0.4) is 0 Å². The molecule has 0 saturated carbocycles. The Morgan fingerprint density at radius 3 is 2.45 bits per heavy atom. The number of halogens is 2. The first-order valence-corrected chi connectivity index (χ1v) is 10.1. The molecule has 0 aliphatic carbocycles. The van der Waals surface area contributed by atoms with E-state index in [1.54, 1.807) is 30.7 Å². The summed E-state index contributed by atoms with van der Waals surface area (Å²) < 4.78 is 31.5. The van der Waals surface area contributed by atoms with Gasteiger partial charge in [-0.2, -0.15) is 0 Å². The van der Waals surface area contributed by atoms with E-state index in [2.05, 4.69) is 9.97 Å². The van der Waals surface area contributed by atoms with Crippen LogP contribution in [-0.2, 0) is 20.1 Å². The zero-order chi connectivity index (χ0) is 22.1. The maximum absolute atomic E-state index is 14.8. The first kappa shape index (κ1) is 20.7. The first-order valence-electron chi connectivity index (χ1n) is 10.1. The van der Waals surface area contributed by atoms with Gasteiger partial charge in [0, 0.05) is 18.8 Å². The zero-order valence-corrected chi connectivity index (χ0v) is 17.6. The van der Waals surface area contributed by atoms with Crippen LogP contribution in [0.5, 0.6) is 0 Å². The molecule has 158 valence electrons. The average Bonchev–Trinajstić information content (AvgIpc) is 3.31. The highest BCUT2D eigenvalue weighted by molar-refractivity contribution is 5.97. The smallest absolute Gasteiger partial charge is 0.256 e. The van der Waals surface area contributed by atoms with Crippen molar-refractivity contribution in [2.45, 2.75) is 26.9 Å². The summed E-state index contributed by atoms with van der Waals surface area (Å²) in [5, 5.41) is 0. The number of benzene rings is 2. The second-order valence-electron chi connectivity index (χ2n) is 7.14. The molecule has 0 atom stereocenters. The van der Waals surface area contributed by atoms with Gasteiger partial charge in [0.05, 0.1) is 41.7 Å². The zero-order valence-electron chi connectivity index (χ0n) is 17.6. The molecule has 5 rings (SSSR count). The summed E-state index contributed by atoms with van der Waals surface area (Å²) in [5.74, 6) is -1.62. The Morgan fingerprint density at radius 2 is 1.74 bits per heavy atom. The lowest BCUT2D eigenvalue weighted by molar-refractivity contribution is 0.0763. The highest BCUT2D eigenvalue weighted by atomic mass is 19.1. The number of rotatable bonds is 3. The van der Waals surface area contributed by atoms with Crippen LogP contribution in [-0.4, -0.2) is 25.3 Å². The molecule has 0 fully saturated rings. The number of aryl methyl sites for hydroxylation is 1. The van der Waals surface area contributed by atoms with Crippen molar-refractivity contribution in [3.05, 3.63) is 83.4 Å². The normalized spacial score (nSPS) is 12.7. The van der Waals surface area contributed by atoms with Gasteiger partial charge in [0.2, 0.25) is 0 Å². The number of amides is 1. The average molecular weight is 420 g/mol. The molecule has 0 bridgehead atoms. The Kier molecular flexibility index (Phi) is 5.50. The summed E-state index contributed by atoms with van der Waals surface area (Å²) >= 11 is 0. The number of hydrogen-bond acceptors (Lipinski definition) is 3. The van der Waals surface area contributed by atoms with Crippen LogP contribution in [0.15, 0.2) is 55.0 Å². The maximum Gasteiger partial charge on any atom is 0.256 e. The van der Waals surface area contributed by atoms with Crippen molar-refractivity contribution < 1.29 is 13.6 Å². The molecule has 0 radical (unpaired) electrons. The summed E-state index contributed by atoms with van der Waals surface area (Å²) in [7, 11) is 1.86. The third-order valence-corrected chi connectivity index (χ3v) is 5.30. The first-order chi connectivity index (χ1) is 15.0.